The minimum absolute atomic E-state index is 0.140. The van der Waals surface area contributed by atoms with Gasteiger partial charge in [0.05, 0.1) is 22.6 Å². The summed E-state index contributed by atoms with van der Waals surface area (Å²) in [6.07, 6.45) is 0. The number of aromatic hydroxyl groups is 1. The van der Waals surface area contributed by atoms with E-state index in [0.29, 0.717) is 5.69 Å². The molecular weight excluding hydrogens is 330 g/mol. The zero-order valence-electron chi connectivity index (χ0n) is 12.2. The molecule has 0 aliphatic carbocycles. The van der Waals surface area contributed by atoms with Crippen molar-refractivity contribution in [3.63, 3.8) is 0 Å². The molecule has 0 aliphatic heterocycles. The maximum absolute atomic E-state index is 11.7. The lowest BCUT2D eigenvalue weighted by Gasteiger charge is -2.27. The number of fused-ring (bicyclic) bond motifs is 1. The van der Waals surface area contributed by atoms with Crippen molar-refractivity contribution in [2.24, 2.45) is 0 Å². The van der Waals surface area contributed by atoms with Crippen LogP contribution in [0.15, 0.2) is 60.7 Å². The van der Waals surface area contributed by atoms with E-state index in [1.54, 1.807) is 18.2 Å². The van der Waals surface area contributed by atoms with Crippen molar-refractivity contribution >= 4 is 39.4 Å². The van der Waals surface area contributed by atoms with Gasteiger partial charge >= 0.3 is 5.97 Å². The molecule has 0 saturated carbocycles. The molecule has 0 bridgehead atoms. The number of carboxylic acids is 1. The fourth-order valence-electron chi connectivity index (χ4n) is 2.45. The van der Waals surface area contributed by atoms with E-state index in [4.69, 9.17) is 5.11 Å². The van der Waals surface area contributed by atoms with E-state index in [2.05, 4.69) is 0 Å². The second-order valence-corrected chi connectivity index (χ2v) is 5.85. The van der Waals surface area contributed by atoms with E-state index in [0.717, 1.165) is 27.2 Å². The number of hydrogen-bond acceptors (Lipinski definition) is 4. The van der Waals surface area contributed by atoms with Crippen LogP contribution in [0.4, 0.5) is 11.4 Å². The molecule has 7 heteroatoms. The highest BCUT2D eigenvalue weighted by atomic mass is 32.2. The van der Waals surface area contributed by atoms with Crippen molar-refractivity contribution in [2.45, 2.75) is 0 Å². The lowest BCUT2D eigenvalue weighted by atomic mass is 10.1. The van der Waals surface area contributed by atoms with Crippen LogP contribution < -0.4 is 4.31 Å². The van der Waals surface area contributed by atoms with Gasteiger partial charge in [0.1, 0.15) is 11.3 Å². The lowest BCUT2D eigenvalue weighted by molar-refractivity contribution is 0.0694. The van der Waals surface area contributed by atoms with Gasteiger partial charge < -0.3 is 14.8 Å². The predicted octanol–water partition coefficient (Wildman–Crippen LogP) is 3.18. The average Bonchev–Trinajstić information content (AvgIpc) is 2.54. The van der Waals surface area contributed by atoms with E-state index < -0.39 is 23.0 Å². The molecule has 0 fully saturated rings. The average molecular weight is 342 g/mol. The first kappa shape index (κ1) is 16.0. The monoisotopic (exact) mass is 342 g/mol. The predicted molar refractivity (Wildman–Crippen MR) is 90.1 cm³/mol. The van der Waals surface area contributed by atoms with E-state index >= 15 is 0 Å². The standard InChI is InChI=1S/C17H13NO5S/c19-16-10-14(7-8-15(16)17(20)21)18(24(22)23)13-6-5-11-3-1-2-4-12(11)9-13/h1-10,19H,(H,20,21)(H,22,23)/p-1. The minimum atomic E-state index is -2.65. The van der Waals surface area contributed by atoms with Gasteiger partial charge in [0.2, 0.25) is 0 Å². The Bertz CT molecular complexity index is 957. The van der Waals surface area contributed by atoms with Gasteiger partial charge in [-0.05, 0) is 35.0 Å². The zero-order valence-corrected chi connectivity index (χ0v) is 13.1. The largest absolute Gasteiger partial charge is 0.755 e. The number of nitrogens with zero attached hydrogens (tertiary/aromatic N) is 1. The first-order valence-electron chi connectivity index (χ1n) is 6.92. The van der Waals surface area contributed by atoms with Crippen LogP contribution in [0.2, 0.25) is 0 Å². The van der Waals surface area contributed by atoms with Crippen molar-refractivity contribution in [1.29, 1.82) is 0 Å². The summed E-state index contributed by atoms with van der Waals surface area (Å²) < 4.78 is 24.4. The summed E-state index contributed by atoms with van der Waals surface area (Å²) in [4.78, 5) is 11.0. The van der Waals surface area contributed by atoms with Gasteiger partial charge in [-0.2, -0.15) is 0 Å². The summed E-state index contributed by atoms with van der Waals surface area (Å²) in [5.74, 6) is -1.80. The maximum atomic E-state index is 11.7. The van der Waals surface area contributed by atoms with Gasteiger partial charge in [0.25, 0.3) is 0 Å². The van der Waals surface area contributed by atoms with Crippen LogP contribution in [0.25, 0.3) is 10.8 Å². The molecule has 0 radical (unpaired) electrons. The Labute approximate surface area is 140 Å². The number of hydrogen-bond donors (Lipinski definition) is 2. The third kappa shape index (κ3) is 2.94. The second kappa shape index (κ2) is 6.31. The quantitative estimate of drug-likeness (QED) is 0.709. The van der Waals surface area contributed by atoms with Gasteiger partial charge in [-0.25, -0.2) is 4.79 Å². The Morgan fingerprint density at radius 1 is 0.958 bits per heavy atom. The minimum Gasteiger partial charge on any atom is -0.755 e. The molecule has 3 aromatic rings. The van der Waals surface area contributed by atoms with Gasteiger partial charge in [-0.1, -0.05) is 30.3 Å². The Balaban J connectivity index is 2.10. The topological polar surface area (TPSA) is 101 Å². The zero-order chi connectivity index (χ0) is 17.3. The third-order valence-electron chi connectivity index (χ3n) is 3.56. The fraction of sp³-hybridized carbons (Fsp3) is 0. The Hall–Kier alpha value is -2.90. The maximum Gasteiger partial charge on any atom is 0.339 e. The van der Waals surface area contributed by atoms with E-state index in [9.17, 15) is 18.7 Å². The summed E-state index contributed by atoms with van der Waals surface area (Å²) in [5, 5.41) is 20.6. The van der Waals surface area contributed by atoms with E-state index in [-0.39, 0.29) is 11.3 Å². The van der Waals surface area contributed by atoms with Crippen molar-refractivity contribution in [3.8, 4) is 5.75 Å². The molecule has 0 saturated heterocycles. The van der Waals surface area contributed by atoms with Gasteiger partial charge in [0, 0.05) is 6.07 Å². The molecule has 0 aromatic heterocycles. The summed E-state index contributed by atoms with van der Waals surface area (Å²) in [6, 6.07) is 16.2. The molecule has 0 heterocycles. The molecule has 0 amide bonds. The molecule has 2 N–H and O–H groups in total. The van der Waals surface area contributed by atoms with Crippen LogP contribution in [0.5, 0.6) is 5.75 Å². The van der Waals surface area contributed by atoms with Crippen LogP contribution >= 0.6 is 0 Å². The molecule has 6 nitrogen and oxygen atoms in total. The van der Waals surface area contributed by atoms with Gasteiger partial charge in [0.15, 0.2) is 0 Å². The summed E-state index contributed by atoms with van der Waals surface area (Å²) in [5.41, 5.74) is 0.222. The first-order valence-corrected chi connectivity index (χ1v) is 7.95. The lowest BCUT2D eigenvalue weighted by Crippen LogP contribution is -2.19. The number of carboxylic acid groups (broad SMARTS) is 1. The van der Waals surface area contributed by atoms with Crippen LogP contribution in [0, 0.1) is 0 Å². The summed E-state index contributed by atoms with van der Waals surface area (Å²) in [6.45, 7) is 0. The molecule has 1 atom stereocenters. The number of benzene rings is 3. The number of rotatable bonds is 4. The Morgan fingerprint density at radius 3 is 2.21 bits per heavy atom. The third-order valence-corrected chi connectivity index (χ3v) is 4.28. The smallest absolute Gasteiger partial charge is 0.339 e. The van der Waals surface area contributed by atoms with Crippen molar-refractivity contribution in [1.82, 2.24) is 0 Å². The number of anilines is 2. The molecule has 0 spiro atoms. The molecular formula is C17H12NO5S-. The van der Waals surface area contributed by atoms with Gasteiger partial charge in [-0.3, -0.25) is 8.51 Å². The molecule has 3 rings (SSSR count). The number of aromatic carboxylic acids is 1. The van der Waals surface area contributed by atoms with Crippen LogP contribution in [0.1, 0.15) is 10.4 Å². The second-order valence-electron chi connectivity index (χ2n) is 5.05. The first-order chi connectivity index (χ1) is 11.5. The highest BCUT2D eigenvalue weighted by Crippen LogP contribution is 2.32. The molecule has 1 unspecified atom stereocenters. The van der Waals surface area contributed by atoms with Crippen LogP contribution in [-0.2, 0) is 11.3 Å². The molecule has 3 aromatic carbocycles. The Morgan fingerprint density at radius 2 is 1.58 bits per heavy atom. The van der Waals surface area contributed by atoms with Crippen molar-refractivity contribution in [3.05, 3.63) is 66.2 Å². The molecule has 122 valence electrons. The molecule has 24 heavy (non-hydrogen) atoms. The SMILES string of the molecule is O=C(O)c1ccc(N(c2ccc3ccccc3c2)S(=O)[O-])cc1O. The summed E-state index contributed by atoms with van der Waals surface area (Å²) >= 11 is -2.65. The Kier molecular flexibility index (Phi) is 4.20. The normalized spacial score (nSPS) is 12.0. The van der Waals surface area contributed by atoms with E-state index in [1.807, 2.05) is 24.3 Å². The molecule has 0 aliphatic rings. The fourth-order valence-corrected chi connectivity index (χ4v) is 3.02. The van der Waals surface area contributed by atoms with Crippen LogP contribution in [-0.4, -0.2) is 24.9 Å². The number of carbonyl (C=O) groups is 1. The van der Waals surface area contributed by atoms with Gasteiger partial charge in [-0.15, -0.1) is 0 Å². The van der Waals surface area contributed by atoms with E-state index in [1.165, 1.54) is 6.07 Å². The highest BCUT2D eigenvalue weighted by molar-refractivity contribution is 7.81. The number of phenols is 1. The summed E-state index contributed by atoms with van der Waals surface area (Å²) in [7, 11) is 0. The van der Waals surface area contributed by atoms with Crippen molar-refractivity contribution < 1.29 is 23.8 Å². The van der Waals surface area contributed by atoms with Crippen LogP contribution in [0.3, 0.4) is 0 Å². The van der Waals surface area contributed by atoms with Crippen molar-refractivity contribution in [2.75, 3.05) is 4.31 Å². The highest BCUT2D eigenvalue weighted by Gasteiger charge is 2.15.